The molecule has 0 aliphatic heterocycles. The molecule has 0 saturated carbocycles. The standard InChI is InChI=1S/C10H17F2N3/c1-4-5-13-9(10(11)12)8-6-14-15(3)7(8)2/h6,9-10,13H,4-5H2,1-3H3. The Morgan fingerprint density at radius 3 is 2.60 bits per heavy atom. The van der Waals surface area contributed by atoms with Crippen molar-refractivity contribution in [2.75, 3.05) is 6.54 Å². The van der Waals surface area contributed by atoms with Crippen LogP contribution in [0, 0.1) is 6.92 Å². The number of hydrogen-bond donors (Lipinski definition) is 1. The smallest absolute Gasteiger partial charge is 0.257 e. The van der Waals surface area contributed by atoms with Gasteiger partial charge in [0.2, 0.25) is 0 Å². The first-order chi connectivity index (χ1) is 7.07. The van der Waals surface area contributed by atoms with Crippen LogP contribution in [0.15, 0.2) is 6.20 Å². The van der Waals surface area contributed by atoms with E-state index in [2.05, 4.69) is 10.4 Å². The summed E-state index contributed by atoms with van der Waals surface area (Å²) in [4.78, 5) is 0. The Morgan fingerprint density at radius 1 is 1.53 bits per heavy atom. The number of halogens is 2. The third-order valence-corrected chi connectivity index (χ3v) is 2.47. The summed E-state index contributed by atoms with van der Waals surface area (Å²) in [6.45, 7) is 4.33. The number of hydrogen-bond acceptors (Lipinski definition) is 2. The zero-order valence-corrected chi connectivity index (χ0v) is 9.30. The molecule has 1 atom stereocenters. The lowest BCUT2D eigenvalue weighted by atomic mass is 10.1. The summed E-state index contributed by atoms with van der Waals surface area (Å²) < 4.78 is 27.2. The number of nitrogens with one attached hydrogen (secondary N) is 1. The first kappa shape index (κ1) is 12.1. The fourth-order valence-corrected chi connectivity index (χ4v) is 1.46. The third kappa shape index (κ3) is 2.75. The lowest BCUT2D eigenvalue weighted by molar-refractivity contribution is 0.0981. The summed E-state index contributed by atoms with van der Waals surface area (Å²) in [5, 5.41) is 6.81. The fourth-order valence-electron chi connectivity index (χ4n) is 1.46. The van der Waals surface area contributed by atoms with Crippen LogP contribution in [0.3, 0.4) is 0 Å². The molecule has 1 rings (SSSR count). The van der Waals surface area contributed by atoms with Gasteiger partial charge in [0.25, 0.3) is 6.43 Å². The highest BCUT2D eigenvalue weighted by atomic mass is 19.3. The first-order valence-electron chi connectivity index (χ1n) is 5.08. The molecule has 15 heavy (non-hydrogen) atoms. The van der Waals surface area contributed by atoms with Crippen LogP contribution in [0.25, 0.3) is 0 Å². The van der Waals surface area contributed by atoms with Crippen LogP contribution in [-0.4, -0.2) is 22.8 Å². The van der Waals surface area contributed by atoms with Crippen LogP contribution in [0.2, 0.25) is 0 Å². The lowest BCUT2D eigenvalue weighted by Crippen LogP contribution is -2.28. The number of nitrogens with zero attached hydrogens (tertiary/aromatic N) is 2. The molecule has 1 unspecified atom stereocenters. The topological polar surface area (TPSA) is 29.9 Å². The van der Waals surface area contributed by atoms with Crippen molar-refractivity contribution in [3.8, 4) is 0 Å². The van der Waals surface area contributed by atoms with E-state index < -0.39 is 12.5 Å². The van der Waals surface area contributed by atoms with Crippen LogP contribution in [0.1, 0.15) is 30.6 Å². The van der Waals surface area contributed by atoms with Crippen molar-refractivity contribution >= 4 is 0 Å². The maximum absolute atomic E-state index is 12.8. The van der Waals surface area contributed by atoms with Gasteiger partial charge in [0, 0.05) is 18.3 Å². The third-order valence-electron chi connectivity index (χ3n) is 2.47. The molecule has 0 aliphatic rings. The molecule has 0 saturated heterocycles. The van der Waals surface area contributed by atoms with E-state index in [-0.39, 0.29) is 0 Å². The van der Waals surface area contributed by atoms with E-state index >= 15 is 0 Å². The second-order valence-electron chi connectivity index (χ2n) is 3.58. The SMILES string of the molecule is CCCNC(c1cnn(C)c1C)C(F)F. The normalized spacial score (nSPS) is 13.5. The Bertz CT molecular complexity index is 310. The molecule has 0 fully saturated rings. The summed E-state index contributed by atoms with van der Waals surface area (Å²) in [5.41, 5.74) is 1.37. The highest BCUT2D eigenvalue weighted by Crippen LogP contribution is 2.23. The van der Waals surface area contributed by atoms with E-state index in [0.29, 0.717) is 12.1 Å². The average molecular weight is 217 g/mol. The summed E-state index contributed by atoms with van der Waals surface area (Å²) in [6.07, 6.45) is -0.0587. The van der Waals surface area contributed by atoms with Gasteiger partial charge >= 0.3 is 0 Å². The number of aryl methyl sites for hydroxylation is 1. The highest BCUT2D eigenvalue weighted by Gasteiger charge is 2.24. The molecule has 5 heteroatoms. The number of alkyl halides is 2. The van der Waals surface area contributed by atoms with Gasteiger partial charge in [-0.15, -0.1) is 0 Å². The van der Waals surface area contributed by atoms with E-state index in [0.717, 1.165) is 12.1 Å². The van der Waals surface area contributed by atoms with Crippen LogP contribution in [0.5, 0.6) is 0 Å². The molecule has 0 spiro atoms. The second kappa shape index (κ2) is 5.21. The molecule has 0 amide bonds. The van der Waals surface area contributed by atoms with Crippen LogP contribution < -0.4 is 5.32 Å². The molecular formula is C10H17F2N3. The first-order valence-corrected chi connectivity index (χ1v) is 5.08. The molecule has 86 valence electrons. The Kier molecular flexibility index (Phi) is 4.20. The maximum Gasteiger partial charge on any atom is 0.257 e. The quantitative estimate of drug-likeness (QED) is 0.818. The predicted molar refractivity (Wildman–Crippen MR) is 55.0 cm³/mol. The molecule has 0 aliphatic carbocycles. The minimum Gasteiger partial charge on any atom is -0.305 e. The maximum atomic E-state index is 12.8. The van der Waals surface area contributed by atoms with Gasteiger partial charge in [-0.2, -0.15) is 5.10 Å². The number of rotatable bonds is 5. The highest BCUT2D eigenvalue weighted by molar-refractivity contribution is 5.21. The van der Waals surface area contributed by atoms with Crippen molar-refractivity contribution in [2.24, 2.45) is 7.05 Å². The van der Waals surface area contributed by atoms with Crippen molar-refractivity contribution < 1.29 is 8.78 Å². The summed E-state index contributed by atoms with van der Waals surface area (Å²) in [7, 11) is 1.75. The fraction of sp³-hybridized carbons (Fsp3) is 0.700. The van der Waals surface area contributed by atoms with Gasteiger partial charge < -0.3 is 5.32 Å². The van der Waals surface area contributed by atoms with Crippen LogP contribution in [0.4, 0.5) is 8.78 Å². The average Bonchev–Trinajstić information content (AvgIpc) is 2.50. The van der Waals surface area contributed by atoms with Crippen molar-refractivity contribution in [1.82, 2.24) is 15.1 Å². The van der Waals surface area contributed by atoms with E-state index in [9.17, 15) is 8.78 Å². The minimum absolute atomic E-state index is 0.584. The van der Waals surface area contributed by atoms with Gasteiger partial charge in [-0.05, 0) is 19.9 Å². The molecule has 1 heterocycles. The van der Waals surface area contributed by atoms with E-state index in [4.69, 9.17) is 0 Å². The van der Waals surface area contributed by atoms with Gasteiger partial charge in [-0.1, -0.05) is 6.92 Å². The van der Waals surface area contributed by atoms with Crippen molar-refractivity contribution in [1.29, 1.82) is 0 Å². The molecular weight excluding hydrogens is 200 g/mol. The minimum atomic E-state index is -2.40. The van der Waals surface area contributed by atoms with Gasteiger partial charge in [-0.3, -0.25) is 4.68 Å². The Balaban J connectivity index is 2.84. The predicted octanol–water partition coefficient (Wildman–Crippen LogP) is 2.03. The zero-order valence-electron chi connectivity index (χ0n) is 9.30. The Hall–Kier alpha value is -0.970. The van der Waals surface area contributed by atoms with Gasteiger partial charge in [0.15, 0.2) is 0 Å². The Morgan fingerprint density at radius 2 is 2.20 bits per heavy atom. The number of aromatic nitrogens is 2. The second-order valence-corrected chi connectivity index (χ2v) is 3.58. The zero-order chi connectivity index (χ0) is 11.4. The molecule has 0 bridgehead atoms. The molecule has 0 aromatic carbocycles. The summed E-state index contributed by atoms with van der Waals surface area (Å²) in [6, 6.07) is -0.904. The van der Waals surface area contributed by atoms with Gasteiger partial charge in [-0.25, -0.2) is 8.78 Å². The molecule has 0 radical (unpaired) electrons. The van der Waals surface area contributed by atoms with Gasteiger partial charge in [0.05, 0.1) is 12.2 Å². The monoisotopic (exact) mass is 217 g/mol. The van der Waals surface area contributed by atoms with Crippen LogP contribution >= 0.6 is 0 Å². The van der Waals surface area contributed by atoms with Crippen LogP contribution in [-0.2, 0) is 7.05 Å². The molecule has 3 nitrogen and oxygen atoms in total. The summed E-state index contributed by atoms with van der Waals surface area (Å²) >= 11 is 0. The molecule has 1 aromatic rings. The van der Waals surface area contributed by atoms with Crippen molar-refractivity contribution in [2.45, 2.75) is 32.7 Å². The largest absolute Gasteiger partial charge is 0.305 e. The lowest BCUT2D eigenvalue weighted by Gasteiger charge is -2.17. The van der Waals surface area contributed by atoms with E-state index in [1.807, 2.05) is 6.92 Å². The molecule has 1 aromatic heterocycles. The van der Waals surface area contributed by atoms with Crippen molar-refractivity contribution in [3.63, 3.8) is 0 Å². The Labute approximate surface area is 88.5 Å². The van der Waals surface area contributed by atoms with E-state index in [1.54, 1.807) is 18.7 Å². The summed E-state index contributed by atoms with van der Waals surface area (Å²) in [5.74, 6) is 0. The van der Waals surface area contributed by atoms with Gasteiger partial charge in [0.1, 0.15) is 0 Å². The molecule has 1 N–H and O–H groups in total. The van der Waals surface area contributed by atoms with E-state index in [1.165, 1.54) is 6.20 Å². The van der Waals surface area contributed by atoms with Crippen molar-refractivity contribution in [3.05, 3.63) is 17.5 Å².